The molecule has 19 heavy (non-hydrogen) atoms. The normalized spacial score (nSPS) is 23.2. The molecule has 2 N–H and O–H groups in total. The Labute approximate surface area is 123 Å². The van der Waals surface area contributed by atoms with E-state index in [1.807, 2.05) is 0 Å². The third-order valence-corrected chi connectivity index (χ3v) is 2.86. The van der Waals surface area contributed by atoms with Crippen LogP contribution in [0.15, 0.2) is 0 Å². The first-order valence-electron chi connectivity index (χ1n) is 5.07. The highest BCUT2D eigenvalue weighted by Gasteiger charge is 2.43. The Balaban J connectivity index is 2.71. The summed E-state index contributed by atoms with van der Waals surface area (Å²) in [5, 5.41) is 17.8. The fourth-order valence-corrected chi connectivity index (χ4v) is 1.84. The Kier molecular flexibility index (Phi) is 5.11. The maximum Gasteiger partial charge on any atom is 0.410 e. The Morgan fingerprint density at radius 3 is 2.21 bits per heavy atom. The third kappa shape index (κ3) is 4.59. The number of alkyl halides is 3. The van der Waals surface area contributed by atoms with Crippen LogP contribution in [0.3, 0.4) is 0 Å². The summed E-state index contributed by atoms with van der Waals surface area (Å²) in [7, 11) is 0. The molecule has 1 aliphatic heterocycles. The maximum absolute atomic E-state index is 11.6. The van der Waals surface area contributed by atoms with Crippen LogP contribution in [-0.2, 0) is 14.3 Å². The monoisotopic (exact) mass is 333 g/mol. The lowest BCUT2D eigenvalue weighted by molar-refractivity contribution is -0.141. The van der Waals surface area contributed by atoms with Crippen LogP contribution in [0.4, 0.5) is 4.79 Å². The molecule has 0 saturated carbocycles. The Morgan fingerprint density at radius 1 is 1.21 bits per heavy atom. The molecule has 1 heterocycles. The zero-order chi connectivity index (χ0) is 14.8. The first-order valence-corrected chi connectivity index (χ1v) is 6.21. The lowest BCUT2D eigenvalue weighted by Gasteiger charge is -2.21. The van der Waals surface area contributed by atoms with E-state index in [-0.39, 0.29) is 13.0 Å². The van der Waals surface area contributed by atoms with E-state index in [9.17, 15) is 14.4 Å². The number of nitrogens with zero attached hydrogens (tertiary/aromatic N) is 1. The smallest absolute Gasteiger partial charge is 0.410 e. The Bertz CT molecular complexity index is 396. The molecule has 1 amide bonds. The molecule has 0 aromatic rings. The summed E-state index contributed by atoms with van der Waals surface area (Å²) in [5.74, 6) is -3.45. The van der Waals surface area contributed by atoms with Crippen molar-refractivity contribution in [1.82, 2.24) is 4.90 Å². The molecule has 108 valence electrons. The number of rotatable bonds is 3. The number of carbonyl (C=O) groups is 3. The number of carbonyl (C=O) groups excluding carboxylic acids is 1. The van der Waals surface area contributed by atoms with Crippen LogP contribution in [0.25, 0.3) is 0 Å². The van der Waals surface area contributed by atoms with E-state index in [0.29, 0.717) is 0 Å². The largest absolute Gasteiger partial charge is 0.481 e. The molecule has 0 spiro atoms. The van der Waals surface area contributed by atoms with Gasteiger partial charge in [-0.25, -0.2) is 9.59 Å². The summed E-state index contributed by atoms with van der Waals surface area (Å²) in [6.45, 7) is -0.817. The van der Waals surface area contributed by atoms with E-state index in [1.165, 1.54) is 0 Å². The molecule has 0 radical (unpaired) electrons. The number of ether oxygens (including phenoxy) is 1. The van der Waals surface area contributed by atoms with Gasteiger partial charge in [0.05, 0.1) is 5.92 Å². The van der Waals surface area contributed by atoms with E-state index in [4.69, 9.17) is 45.0 Å². The van der Waals surface area contributed by atoms with E-state index in [0.717, 1.165) is 4.90 Å². The fraction of sp³-hybridized carbons (Fsp3) is 0.667. The molecule has 7 nitrogen and oxygen atoms in total. The van der Waals surface area contributed by atoms with Crippen LogP contribution in [0.1, 0.15) is 6.42 Å². The molecule has 2 atom stereocenters. The molecule has 0 aromatic heterocycles. The standard InChI is InChI=1S/C9H10Cl3NO6/c10-9(11,12)3-19-8(18)13-2-4(6(14)15)1-5(13)7(16)17/h4-5H,1-3H2,(H,14,15)(H,16,17)/t4-,5-/m0/s1. The summed E-state index contributed by atoms with van der Waals surface area (Å²) >= 11 is 16.2. The lowest BCUT2D eigenvalue weighted by Crippen LogP contribution is -2.41. The van der Waals surface area contributed by atoms with Crippen molar-refractivity contribution in [3.8, 4) is 0 Å². The summed E-state index contributed by atoms with van der Waals surface area (Å²) in [6.07, 6.45) is -1.21. The minimum absolute atomic E-state index is 0.187. The number of hydrogen-bond acceptors (Lipinski definition) is 4. The van der Waals surface area contributed by atoms with Gasteiger partial charge in [0.1, 0.15) is 12.6 Å². The van der Waals surface area contributed by atoms with Gasteiger partial charge in [-0.15, -0.1) is 0 Å². The van der Waals surface area contributed by atoms with Crippen LogP contribution >= 0.6 is 34.8 Å². The van der Waals surface area contributed by atoms with Crippen molar-refractivity contribution >= 4 is 52.8 Å². The molecule has 0 aromatic carbocycles. The first-order chi connectivity index (χ1) is 8.61. The number of hydrogen-bond donors (Lipinski definition) is 2. The zero-order valence-corrected chi connectivity index (χ0v) is 11.7. The van der Waals surface area contributed by atoms with Gasteiger partial charge in [0.2, 0.25) is 3.79 Å². The van der Waals surface area contributed by atoms with Gasteiger partial charge in [0.15, 0.2) is 0 Å². The molecule has 0 unspecified atom stereocenters. The van der Waals surface area contributed by atoms with Crippen LogP contribution in [0.5, 0.6) is 0 Å². The summed E-state index contributed by atoms with van der Waals surface area (Å²) in [4.78, 5) is 34.2. The predicted molar refractivity (Wildman–Crippen MR) is 65.5 cm³/mol. The van der Waals surface area contributed by atoms with Crippen LogP contribution in [-0.4, -0.2) is 56.1 Å². The number of aliphatic carboxylic acids is 2. The topological polar surface area (TPSA) is 104 Å². The predicted octanol–water partition coefficient (Wildman–Crippen LogP) is 1.35. The zero-order valence-electron chi connectivity index (χ0n) is 9.38. The molecule has 0 bridgehead atoms. The van der Waals surface area contributed by atoms with Gasteiger partial charge in [0, 0.05) is 6.54 Å². The molecular formula is C9H10Cl3NO6. The van der Waals surface area contributed by atoms with E-state index in [2.05, 4.69) is 4.74 Å². The number of halogens is 3. The average molecular weight is 335 g/mol. The highest BCUT2D eigenvalue weighted by Crippen LogP contribution is 2.28. The quantitative estimate of drug-likeness (QED) is 0.755. The second-order valence-electron chi connectivity index (χ2n) is 3.95. The fourth-order valence-electron chi connectivity index (χ4n) is 1.68. The minimum Gasteiger partial charge on any atom is -0.481 e. The van der Waals surface area contributed by atoms with E-state index in [1.54, 1.807) is 0 Å². The highest BCUT2D eigenvalue weighted by atomic mass is 35.6. The third-order valence-electron chi connectivity index (χ3n) is 2.53. The van der Waals surface area contributed by atoms with E-state index < -0.39 is 40.4 Å². The second-order valence-corrected chi connectivity index (χ2v) is 6.46. The van der Waals surface area contributed by atoms with Gasteiger partial charge in [0.25, 0.3) is 0 Å². The summed E-state index contributed by atoms with van der Waals surface area (Å²) in [5.41, 5.74) is 0. The Hall–Kier alpha value is -0.920. The van der Waals surface area contributed by atoms with E-state index >= 15 is 0 Å². The number of amides is 1. The Morgan fingerprint density at radius 2 is 1.79 bits per heavy atom. The van der Waals surface area contributed by atoms with Crippen molar-refractivity contribution in [2.75, 3.05) is 13.2 Å². The van der Waals surface area contributed by atoms with Gasteiger partial charge in [-0.05, 0) is 6.42 Å². The second kappa shape index (κ2) is 6.02. The number of carboxylic acids is 2. The van der Waals surface area contributed by atoms with Crippen molar-refractivity contribution < 1.29 is 29.3 Å². The summed E-state index contributed by atoms with van der Waals surface area (Å²) in [6, 6.07) is -1.26. The molecule has 1 saturated heterocycles. The molecular weight excluding hydrogens is 324 g/mol. The van der Waals surface area contributed by atoms with Gasteiger partial charge in [-0.2, -0.15) is 0 Å². The molecule has 0 aliphatic carbocycles. The van der Waals surface area contributed by atoms with Crippen molar-refractivity contribution in [3.05, 3.63) is 0 Å². The highest BCUT2D eigenvalue weighted by molar-refractivity contribution is 6.67. The van der Waals surface area contributed by atoms with Crippen molar-refractivity contribution in [2.45, 2.75) is 16.3 Å². The molecule has 1 rings (SSSR count). The molecule has 10 heteroatoms. The summed E-state index contributed by atoms with van der Waals surface area (Å²) < 4.78 is 2.81. The van der Waals surface area contributed by atoms with Crippen molar-refractivity contribution in [1.29, 1.82) is 0 Å². The number of likely N-dealkylation sites (tertiary alicyclic amines) is 1. The molecule has 1 aliphatic rings. The van der Waals surface area contributed by atoms with Gasteiger partial charge >= 0.3 is 18.0 Å². The lowest BCUT2D eigenvalue weighted by atomic mass is 10.1. The molecule has 1 fully saturated rings. The minimum atomic E-state index is -1.82. The van der Waals surface area contributed by atoms with Crippen LogP contribution < -0.4 is 0 Å². The number of carboxylic acid groups (broad SMARTS) is 2. The van der Waals surface area contributed by atoms with Crippen LogP contribution in [0.2, 0.25) is 0 Å². The van der Waals surface area contributed by atoms with Gasteiger partial charge < -0.3 is 14.9 Å². The van der Waals surface area contributed by atoms with Gasteiger partial charge in [-0.1, -0.05) is 34.8 Å². The van der Waals surface area contributed by atoms with Crippen molar-refractivity contribution in [3.63, 3.8) is 0 Å². The first kappa shape index (κ1) is 16.1. The SMILES string of the molecule is O=C(O)[C@H]1C[C@@H](C(=O)O)N(C(=O)OCC(Cl)(Cl)Cl)C1. The van der Waals surface area contributed by atoms with Crippen molar-refractivity contribution in [2.24, 2.45) is 5.92 Å². The maximum atomic E-state index is 11.6. The average Bonchev–Trinajstić information content (AvgIpc) is 2.69. The van der Waals surface area contributed by atoms with Gasteiger partial charge in [-0.3, -0.25) is 9.69 Å². The van der Waals surface area contributed by atoms with Crippen LogP contribution in [0, 0.1) is 5.92 Å².